The van der Waals surface area contributed by atoms with E-state index < -0.39 is 27.6 Å². The van der Waals surface area contributed by atoms with Gasteiger partial charge in [0, 0.05) is 24.0 Å². The fourth-order valence-corrected chi connectivity index (χ4v) is 5.59. The van der Waals surface area contributed by atoms with Gasteiger partial charge in [-0.05, 0) is 71.1 Å². The summed E-state index contributed by atoms with van der Waals surface area (Å²) in [5.41, 5.74) is -1.07. The zero-order valence-electron chi connectivity index (χ0n) is 20.5. The van der Waals surface area contributed by atoms with Gasteiger partial charge in [-0.2, -0.15) is 13.2 Å². The third-order valence-electron chi connectivity index (χ3n) is 5.95. The summed E-state index contributed by atoms with van der Waals surface area (Å²) in [5, 5.41) is 0.452. The van der Waals surface area contributed by atoms with Crippen LogP contribution in [0.5, 0.6) is 5.75 Å². The fraction of sp³-hybridized carbons (Fsp3) is 0.0741. The molecule has 0 aliphatic carbocycles. The minimum absolute atomic E-state index is 0.0271. The Balaban J connectivity index is 1.67. The monoisotopic (exact) mass is 570 g/mol. The van der Waals surface area contributed by atoms with Crippen molar-refractivity contribution >= 4 is 32.4 Å². The van der Waals surface area contributed by atoms with Gasteiger partial charge in [0.05, 0.1) is 23.8 Å². The molecule has 8 nitrogen and oxygen atoms in total. The van der Waals surface area contributed by atoms with Crippen molar-refractivity contribution < 1.29 is 30.7 Å². The van der Waals surface area contributed by atoms with Crippen LogP contribution < -0.4 is 14.6 Å². The third-order valence-corrected chi connectivity index (χ3v) is 7.66. The average Bonchev–Trinajstić information content (AvgIpc) is 2.92. The summed E-state index contributed by atoms with van der Waals surface area (Å²) in [6.07, 6.45) is -0.922. The van der Waals surface area contributed by atoms with E-state index in [1.807, 2.05) is 0 Å². The number of aromatic nitrogens is 3. The maximum Gasteiger partial charge on any atom is 0.416 e. The van der Waals surface area contributed by atoms with E-state index in [2.05, 4.69) is 15.0 Å². The standard InChI is InChI=1S/C27H18F4N4O4S/c1-39-24-13-16(18-10-19(27(29,30)31)14-20(28)11-18)2-6-23(24)35(25-15-32-8-9-33-25)40(37,38)21-4-5-22-17(12-21)3-7-26(36)34-22/h2-15H,1H3,(H,34,36). The molecule has 3 aromatic carbocycles. The van der Waals surface area contributed by atoms with E-state index in [0.717, 1.165) is 16.4 Å². The minimum atomic E-state index is -4.77. The lowest BCUT2D eigenvalue weighted by Crippen LogP contribution is -2.27. The van der Waals surface area contributed by atoms with Gasteiger partial charge in [0.1, 0.15) is 17.3 Å². The number of fused-ring (bicyclic) bond motifs is 1. The summed E-state index contributed by atoms with van der Waals surface area (Å²) in [5.74, 6) is -1.23. The number of nitrogens with zero attached hydrogens (tertiary/aromatic N) is 3. The van der Waals surface area contributed by atoms with E-state index in [9.17, 15) is 30.8 Å². The van der Waals surface area contributed by atoms with Gasteiger partial charge in [0.15, 0.2) is 5.82 Å². The number of alkyl halides is 3. The van der Waals surface area contributed by atoms with Gasteiger partial charge in [-0.15, -0.1) is 0 Å². The van der Waals surface area contributed by atoms with Crippen LogP contribution in [0, 0.1) is 5.82 Å². The molecular weight excluding hydrogens is 552 g/mol. The molecule has 0 spiro atoms. The Morgan fingerprint density at radius 2 is 1.73 bits per heavy atom. The number of H-pyrrole nitrogens is 1. The summed E-state index contributed by atoms with van der Waals surface area (Å²) in [6, 6.07) is 12.9. The quantitative estimate of drug-likeness (QED) is 0.264. The first-order valence-corrected chi connectivity index (χ1v) is 12.9. The molecule has 0 amide bonds. The normalized spacial score (nSPS) is 11.9. The molecule has 5 rings (SSSR count). The zero-order chi connectivity index (χ0) is 28.7. The van der Waals surface area contributed by atoms with Crippen molar-refractivity contribution in [2.45, 2.75) is 11.1 Å². The van der Waals surface area contributed by atoms with Crippen LogP contribution in [-0.2, 0) is 16.2 Å². The highest BCUT2D eigenvalue weighted by molar-refractivity contribution is 7.93. The van der Waals surface area contributed by atoms with Gasteiger partial charge in [0.2, 0.25) is 5.56 Å². The zero-order valence-corrected chi connectivity index (χ0v) is 21.3. The second-order valence-corrected chi connectivity index (χ2v) is 10.3. The van der Waals surface area contributed by atoms with Crippen molar-refractivity contribution in [2.75, 3.05) is 11.4 Å². The van der Waals surface area contributed by atoms with E-state index >= 15 is 0 Å². The Bertz CT molecular complexity index is 1900. The fourth-order valence-electron chi connectivity index (χ4n) is 4.12. The topological polar surface area (TPSA) is 105 Å². The van der Waals surface area contributed by atoms with E-state index in [1.165, 1.54) is 74.2 Å². The van der Waals surface area contributed by atoms with Crippen molar-refractivity contribution in [3.63, 3.8) is 0 Å². The van der Waals surface area contributed by atoms with Gasteiger partial charge in [-0.25, -0.2) is 22.1 Å². The van der Waals surface area contributed by atoms with E-state index in [0.29, 0.717) is 17.0 Å². The van der Waals surface area contributed by atoms with Crippen LogP contribution in [0.3, 0.4) is 0 Å². The first-order valence-electron chi connectivity index (χ1n) is 11.5. The number of hydrogen-bond donors (Lipinski definition) is 1. The molecule has 2 heterocycles. The summed E-state index contributed by atoms with van der Waals surface area (Å²) in [4.78, 5) is 22.2. The number of anilines is 2. The second-order valence-electron chi connectivity index (χ2n) is 8.52. The SMILES string of the molecule is COc1cc(-c2cc(F)cc(C(F)(F)F)c2)ccc1N(c1cnccn1)S(=O)(=O)c1ccc2[nH]c(=O)ccc2c1. The molecule has 0 saturated carbocycles. The highest BCUT2D eigenvalue weighted by atomic mass is 32.2. The molecule has 0 unspecified atom stereocenters. The number of pyridine rings is 1. The smallest absolute Gasteiger partial charge is 0.416 e. The molecule has 13 heteroatoms. The number of ether oxygens (including phenoxy) is 1. The lowest BCUT2D eigenvalue weighted by Gasteiger charge is -2.25. The van der Waals surface area contributed by atoms with Gasteiger partial charge in [0.25, 0.3) is 10.0 Å². The van der Waals surface area contributed by atoms with Gasteiger partial charge < -0.3 is 9.72 Å². The van der Waals surface area contributed by atoms with Crippen LogP contribution in [0.25, 0.3) is 22.0 Å². The van der Waals surface area contributed by atoms with E-state index in [4.69, 9.17) is 4.74 Å². The molecule has 0 saturated heterocycles. The Kier molecular flexibility index (Phi) is 6.75. The number of hydrogen-bond acceptors (Lipinski definition) is 6. The average molecular weight is 571 g/mol. The van der Waals surface area contributed by atoms with Crippen LogP contribution in [0.2, 0.25) is 0 Å². The van der Waals surface area contributed by atoms with Crippen molar-refractivity contribution in [1.82, 2.24) is 15.0 Å². The van der Waals surface area contributed by atoms with E-state index in [1.54, 1.807) is 0 Å². The molecular formula is C27H18F4N4O4S. The van der Waals surface area contributed by atoms with Crippen LogP contribution in [0.4, 0.5) is 29.1 Å². The van der Waals surface area contributed by atoms with Crippen molar-refractivity contribution in [3.8, 4) is 16.9 Å². The summed E-state index contributed by atoms with van der Waals surface area (Å²) in [6.45, 7) is 0. The molecule has 2 aromatic heterocycles. The minimum Gasteiger partial charge on any atom is -0.495 e. The lowest BCUT2D eigenvalue weighted by atomic mass is 10.0. The molecule has 0 fully saturated rings. The molecule has 0 aliphatic heterocycles. The van der Waals surface area contributed by atoms with Crippen molar-refractivity contribution in [1.29, 1.82) is 0 Å². The lowest BCUT2D eigenvalue weighted by molar-refractivity contribution is -0.137. The first-order chi connectivity index (χ1) is 19.0. The third kappa shape index (κ3) is 5.10. The van der Waals surface area contributed by atoms with Gasteiger partial charge >= 0.3 is 6.18 Å². The van der Waals surface area contributed by atoms with Crippen LogP contribution in [0.1, 0.15) is 5.56 Å². The molecule has 0 bridgehead atoms. The number of aromatic amines is 1. The van der Waals surface area contributed by atoms with Crippen molar-refractivity contribution in [3.05, 3.63) is 107 Å². The maximum atomic E-state index is 14.1. The molecule has 0 atom stereocenters. The molecule has 1 N–H and O–H groups in total. The molecule has 0 aliphatic rings. The molecule has 5 aromatic rings. The van der Waals surface area contributed by atoms with Gasteiger partial charge in [-0.3, -0.25) is 9.78 Å². The Labute approximate surface area is 224 Å². The van der Waals surface area contributed by atoms with E-state index in [-0.39, 0.29) is 38.8 Å². The molecule has 0 radical (unpaired) electrons. The largest absolute Gasteiger partial charge is 0.495 e. The Hall–Kier alpha value is -4.78. The maximum absolute atomic E-state index is 14.1. The number of nitrogens with one attached hydrogen (secondary N) is 1. The molecule has 40 heavy (non-hydrogen) atoms. The van der Waals surface area contributed by atoms with Gasteiger partial charge in [-0.1, -0.05) is 6.07 Å². The summed E-state index contributed by atoms with van der Waals surface area (Å²) >= 11 is 0. The Morgan fingerprint density at radius 1 is 0.925 bits per heavy atom. The van der Waals surface area contributed by atoms with Crippen LogP contribution in [0.15, 0.2) is 95.0 Å². The highest BCUT2D eigenvalue weighted by Crippen LogP contribution is 2.41. The second kappa shape index (κ2) is 10.1. The summed E-state index contributed by atoms with van der Waals surface area (Å²) in [7, 11) is -3.15. The Morgan fingerprint density at radius 3 is 2.42 bits per heavy atom. The number of rotatable bonds is 6. The predicted molar refractivity (Wildman–Crippen MR) is 139 cm³/mol. The number of benzene rings is 3. The summed E-state index contributed by atoms with van der Waals surface area (Å²) < 4.78 is 88.3. The van der Waals surface area contributed by atoms with Crippen LogP contribution >= 0.6 is 0 Å². The first kappa shape index (κ1) is 26.8. The molecule has 204 valence electrons. The number of halogens is 4. The predicted octanol–water partition coefficient (Wildman–Crippen LogP) is 5.68. The number of sulfonamides is 1. The van der Waals surface area contributed by atoms with Crippen LogP contribution in [-0.4, -0.2) is 30.5 Å². The highest BCUT2D eigenvalue weighted by Gasteiger charge is 2.33. The number of methoxy groups -OCH3 is 1. The van der Waals surface area contributed by atoms with Crippen molar-refractivity contribution in [2.24, 2.45) is 0 Å².